The molecule has 6 heteroatoms. The van der Waals surface area contributed by atoms with Crippen LogP contribution in [0, 0.1) is 5.82 Å². The Balaban J connectivity index is 0.00000288. The number of rotatable bonds is 6. The quantitative estimate of drug-likeness (QED) is 0.407. The molecule has 0 aliphatic carbocycles. The third kappa shape index (κ3) is 6.74. The molecule has 0 radical (unpaired) electrons. The van der Waals surface area contributed by atoms with Crippen LogP contribution in [-0.2, 0) is 13.1 Å². The molecule has 2 aromatic rings. The first kappa shape index (κ1) is 20.2. The summed E-state index contributed by atoms with van der Waals surface area (Å²) in [6.07, 6.45) is 0. The molecule has 2 N–H and O–H groups in total. The van der Waals surface area contributed by atoms with Gasteiger partial charge in [0.2, 0.25) is 0 Å². The Morgan fingerprint density at radius 3 is 2.33 bits per heavy atom. The largest absolute Gasteiger partial charge is 0.494 e. The van der Waals surface area contributed by atoms with Crippen molar-refractivity contribution in [2.24, 2.45) is 4.99 Å². The molecular formula is C18H23FIN3O. The number of benzene rings is 2. The molecule has 0 spiro atoms. The van der Waals surface area contributed by atoms with Gasteiger partial charge in [-0.15, -0.1) is 24.0 Å². The summed E-state index contributed by atoms with van der Waals surface area (Å²) in [4.78, 5) is 4.18. The molecule has 2 aromatic carbocycles. The van der Waals surface area contributed by atoms with Gasteiger partial charge in [-0.2, -0.15) is 0 Å². The minimum atomic E-state index is -0.231. The van der Waals surface area contributed by atoms with E-state index in [9.17, 15) is 4.39 Å². The molecule has 130 valence electrons. The highest BCUT2D eigenvalue weighted by Gasteiger charge is 2.01. The van der Waals surface area contributed by atoms with Crippen LogP contribution in [0.4, 0.5) is 4.39 Å². The minimum Gasteiger partial charge on any atom is -0.494 e. The summed E-state index contributed by atoms with van der Waals surface area (Å²) in [5.74, 6) is 1.32. The van der Waals surface area contributed by atoms with Crippen molar-refractivity contribution in [3.8, 4) is 5.75 Å². The number of hydrogen-bond donors (Lipinski definition) is 2. The number of ether oxygens (including phenoxy) is 1. The van der Waals surface area contributed by atoms with Crippen LogP contribution in [0.5, 0.6) is 5.75 Å². The van der Waals surface area contributed by atoms with Crippen molar-refractivity contribution in [3.05, 3.63) is 65.5 Å². The zero-order chi connectivity index (χ0) is 16.5. The average molecular weight is 443 g/mol. The second-order valence-electron chi connectivity index (χ2n) is 4.99. The van der Waals surface area contributed by atoms with Gasteiger partial charge in [-0.3, -0.25) is 4.99 Å². The number of nitrogens with zero attached hydrogens (tertiary/aromatic N) is 1. The maximum atomic E-state index is 12.9. The van der Waals surface area contributed by atoms with Gasteiger partial charge < -0.3 is 15.4 Å². The summed E-state index contributed by atoms with van der Waals surface area (Å²) in [6, 6.07) is 14.3. The molecule has 0 aromatic heterocycles. The van der Waals surface area contributed by atoms with Crippen molar-refractivity contribution in [2.75, 3.05) is 13.7 Å². The van der Waals surface area contributed by atoms with Crippen molar-refractivity contribution >= 4 is 29.9 Å². The Kier molecular flexibility index (Phi) is 9.14. The van der Waals surface area contributed by atoms with Crippen molar-refractivity contribution in [2.45, 2.75) is 20.0 Å². The molecule has 0 aliphatic rings. The number of aliphatic imine (C=N–C) groups is 1. The van der Waals surface area contributed by atoms with Crippen molar-refractivity contribution in [3.63, 3.8) is 0 Å². The smallest absolute Gasteiger partial charge is 0.191 e. The predicted octanol–water partition coefficient (Wildman–Crippen LogP) is 3.71. The second kappa shape index (κ2) is 10.9. The molecule has 0 saturated heterocycles. The molecule has 4 nitrogen and oxygen atoms in total. The van der Waals surface area contributed by atoms with E-state index >= 15 is 0 Å². The van der Waals surface area contributed by atoms with Gasteiger partial charge in [-0.1, -0.05) is 24.3 Å². The van der Waals surface area contributed by atoms with E-state index in [1.807, 2.05) is 31.2 Å². The Bertz CT molecular complexity index is 647. The van der Waals surface area contributed by atoms with Crippen LogP contribution in [0.1, 0.15) is 18.1 Å². The predicted molar refractivity (Wildman–Crippen MR) is 106 cm³/mol. The van der Waals surface area contributed by atoms with Gasteiger partial charge in [0.15, 0.2) is 5.96 Å². The van der Waals surface area contributed by atoms with E-state index in [1.165, 1.54) is 12.1 Å². The van der Waals surface area contributed by atoms with Gasteiger partial charge in [0.1, 0.15) is 11.6 Å². The van der Waals surface area contributed by atoms with Crippen LogP contribution in [0.25, 0.3) is 0 Å². The van der Waals surface area contributed by atoms with Crippen LogP contribution in [0.15, 0.2) is 53.5 Å². The third-order valence-corrected chi connectivity index (χ3v) is 3.27. The van der Waals surface area contributed by atoms with Crippen LogP contribution < -0.4 is 15.4 Å². The van der Waals surface area contributed by atoms with Gasteiger partial charge >= 0.3 is 0 Å². The van der Waals surface area contributed by atoms with Crippen LogP contribution >= 0.6 is 24.0 Å². The molecule has 0 atom stereocenters. The normalized spacial score (nSPS) is 10.7. The average Bonchev–Trinajstić information content (AvgIpc) is 2.57. The molecule has 0 saturated carbocycles. The van der Waals surface area contributed by atoms with Crippen LogP contribution in [-0.4, -0.2) is 19.6 Å². The fourth-order valence-electron chi connectivity index (χ4n) is 2.11. The van der Waals surface area contributed by atoms with E-state index in [2.05, 4.69) is 15.6 Å². The Hall–Kier alpha value is -1.83. The lowest BCUT2D eigenvalue weighted by atomic mass is 10.2. The van der Waals surface area contributed by atoms with E-state index in [-0.39, 0.29) is 29.8 Å². The van der Waals surface area contributed by atoms with Crippen LogP contribution in [0.2, 0.25) is 0 Å². The zero-order valence-electron chi connectivity index (χ0n) is 13.9. The standard InChI is InChI=1S/C18H22FN3O.HI/c1-3-23-17-6-4-5-15(11-17)13-22-18(20-2)21-12-14-7-9-16(19)10-8-14;/h4-11H,3,12-13H2,1-2H3,(H2,20,21,22);1H. The van der Waals surface area contributed by atoms with Gasteiger partial charge in [0.05, 0.1) is 6.61 Å². The Morgan fingerprint density at radius 2 is 1.71 bits per heavy atom. The fourth-order valence-corrected chi connectivity index (χ4v) is 2.11. The molecule has 0 fully saturated rings. The van der Waals surface area contributed by atoms with E-state index in [0.29, 0.717) is 25.7 Å². The molecule has 0 heterocycles. The van der Waals surface area contributed by atoms with Gasteiger partial charge in [-0.05, 0) is 42.3 Å². The minimum absolute atomic E-state index is 0. The zero-order valence-corrected chi connectivity index (χ0v) is 16.2. The Labute approximate surface area is 159 Å². The monoisotopic (exact) mass is 443 g/mol. The van der Waals surface area contributed by atoms with Gasteiger partial charge in [0, 0.05) is 20.1 Å². The number of halogens is 2. The first-order valence-electron chi connectivity index (χ1n) is 7.62. The van der Waals surface area contributed by atoms with Crippen molar-refractivity contribution < 1.29 is 9.13 Å². The van der Waals surface area contributed by atoms with Crippen LogP contribution in [0.3, 0.4) is 0 Å². The summed E-state index contributed by atoms with van der Waals surface area (Å²) in [5.41, 5.74) is 2.10. The number of guanidine groups is 1. The van der Waals surface area contributed by atoms with Gasteiger partial charge in [0.25, 0.3) is 0 Å². The van der Waals surface area contributed by atoms with E-state index in [4.69, 9.17) is 4.74 Å². The summed E-state index contributed by atoms with van der Waals surface area (Å²) in [5, 5.41) is 6.45. The van der Waals surface area contributed by atoms with Crippen molar-refractivity contribution in [1.82, 2.24) is 10.6 Å². The lowest BCUT2D eigenvalue weighted by Gasteiger charge is -2.12. The molecular weight excluding hydrogens is 420 g/mol. The summed E-state index contributed by atoms with van der Waals surface area (Å²) in [7, 11) is 1.72. The second-order valence-corrected chi connectivity index (χ2v) is 4.99. The maximum Gasteiger partial charge on any atom is 0.191 e. The first-order chi connectivity index (χ1) is 11.2. The summed E-state index contributed by atoms with van der Waals surface area (Å²) in [6.45, 7) is 3.84. The molecule has 0 unspecified atom stereocenters. The SMILES string of the molecule is CCOc1cccc(CNC(=NC)NCc2ccc(F)cc2)c1.I. The molecule has 0 amide bonds. The topological polar surface area (TPSA) is 45.6 Å². The first-order valence-corrected chi connectivity index (χ1v) is 7.62. The summed E-state index contributed by atoms with van der Waals surface area (Å²) < 4.78 is 18.4. The molecule has 0 bridgehead atoms. The highest BCUT2D eigenvalue weighted by Crippen LogP contribution is 2.12. The molecule has 2 rings (SSSR count). The Morgan fingerprint density at radius 1 is 1.04 bits per heavy atom. The fraction of sp³-hybridized carbons (Fsp3) is 0.278. The van der Waals surface area contributed by atoms with Crippen molar-refractivity contribution in [1.29, 1.82) is 0 Å². The molecule has 24 heavy (non-hydrogen) atoms. The van der Waals surface area contributed by atoms with Gasteiger partial charge in [-0.25, -0.2) is 4.39 Å². The highest BCUT2D eigenvalue weighted by atomic mass is 127. The van der Waals surface area contributed by atoms with E-state index in [1.54, 1.807) is 19.2 Å². The highest BCUT2D eigenvalue weighted by molar-refractivity contribution is 14.0. The summed E-state index contributed by atoms with van der Waals surface area (Å²) >= 11 is 0. The lowest BCUT2D eigenvalue weighted by molar-refractivity contribution is 0.340. The maximum absolute atomic E-state index is 12.9. The molecule has 0 aliphatic heterocycles. The third-order valence-electron chi connectivity index (χ3n) is 3.27. The lowest BCUT2D eigenvalue weighted by Crippen LogP contribution is -2.36. The number of nitrogens with one attached hydrogen (secondary N) is 2. The number of hydrogen-bond acceptors (Lipinski definition) is 2. The van der Waals surface area contributed by atoms with E-state index < -0.39 is 0 Å². The van der Waals surface area contributed by atoms with E-state index in [0.717, 1.165) is 16.9 Å².